The van der Waals surface area contributed by atoms with Crippen LogP contribution in [0.4, 0.5) is 0 Å². The van der Waals surface area contributed by atoms with Crippen molar-refractivity contribution < 1.29 is 0 Å². The van der Waals surface area contributed by atoms with E-state index in [1.165, 1.54) is 0 Å². The van der Waals surface area contributed by atoms with Crippen LogP contribution < -0.4 is 32.6 Å². The largest absolute Gasteiger partial charge is 0.363 e. The minimum atomic E-state index is -0.398. The van der Waals surface area contributed by atoms with Crippen molar-refractivity contribution in [2.45, 2.75) is 95.0 Å². The highest BCUT2D eigenvalue weighted by Crippen LogP contribution is 2.22. The highest BCUT2D eigenvalue weighted by atomic mass is 32.1. The van der Waals surface area contributed by atoms with E-state index in [1.54, 1.807) is 30.7 Å². The zero-order valence-electron chi connectivity index (χ0n) is 23.8. The highest BCUT2D eigenvalue weighted by molar-refractivity contribution is 7.80. The molecule has 0 spiro atoms. The van der Waals surface area contributed by atoms with Gasteiger partial charge in [0.2, 0.25) is 0 Å². The van der Waals surface area contributed by atoms with Crippen molar-refractivity contribution in [2.75, 3.05) is 26.2 Å². The van der Waals surface area contributed by atoms with Crippen LogP contribution in [0.15, 0.2) is 32.0 Å². The Bertz CT molecular complexity index is 1150. The molecule has 0 aromatic carbocycles. The van der Waals surface area contributed by atoms with Gasteiger partial charge in [-0.1, -0.05) is 0 Å². The lowest BCUT2D eigenvalue weighted by Gasteiger charge is -2.27. The van der Waals surface area contributed by atoms with E-state index in [0.29, 0.717) is 72.4 Å². The van der Waals surface area contributed by atoms with Crippen molar-refractivity contribution >= 4 is 59.9 Å². The summed E-state index contributed by atoms with van der Waals surface area (Å²) in [6, 6.07) is 0. The molecular formula is C25H44N8O2S4. The molecule has 220 valence electrons. The third-order valence-corrected chi connectivity index (χ3v) is 7.94. The summed E-state index contributed by atoms with van der Waals surface area (Å²) >= 11 is 19.8. The molecule has 0 unspecified atom stereocenters. The van der Waals surface area contributed by atoms with E-state index in [1.807, 2.05) is 41.5 Å². The van der Waals surface area contributed by atoms with Crippen molar-refractivity contribution in [2.24, 2.45) is 0 Å². The van der Waals surface area contributed by atoms with Gasteiger partial charge < -0.3 is 21.3 Å². The molecule has 0 aliphatic carbocycles. The highest BCUT2D eigenvalue weighted by Gasteiger charge is 2.26. The van der Waals surface area contributed by atoms with Crippen molar-refractivity contribution in [1.29, 1.82) is 0 Å². The Morgan fingerprint density at radius 1 is 0.718 bits per heavy atom. The van der Waals surface area contributed by atoms with Gasteiger partial charge in [0, 0.05) is 62.7 Å². The summed E-state index contributed by atoms with van der Waals surface area (Å²) in [7, 11) is 0. The lowest BCUT2D eigenvalue weighted by atomic mass is 10.0. The van der Waals surface area contributed by atoms with Crippen molar-refractivity contribution in [3.8, 4) is 0 Å². The molecule has 0 saturated carbocycles. The minimum absolute atomic E-state index is 0.0502. The first-order chi connectivity index (χ1) is 18.2. The van der Waals surface area contributed by atoms with Gasteiger partial charge in [0.25, 0.3) is 0 Å². The van der Waals surface area contributed by atoms with Crippen LogP contribution in [0.5, 0.6) is 0 Å². The van der Waals surface area contributed by atoms with Crippen molar-refractivity contribution in [3.63, 3.8) is 0 Å². The zero-order valence-corrected chi connectivity index (χ0v) is 27.3. The quantitative estimate of drug-likeness (QED) is 0.109. The average Bonchev–Trinajstić information content (AvgIpc) is 3.32. The second kappa shape index (κ2) is 14.6. The number of hydrogen-bond acceptors (Lipinski definition) is 6. The molecule has 14 heteroatoms. The van der Waals surface area contributed by atoms with Crippen LogP contribution in [-0.4, -0.2) is 54.7 Å². The van der Waals surface area contributed by atoms with Crippen LogP contribution >= 0.6 is 49.7 Å². The molecule has 0 fully saturated rings. The van der Waals surface area contributed by atoms with Gasteiger partial charge in [-0.05, 0) is 85.2 Å². The number of aromatic nitrogens is 4. The van der Waals surface area contributed by atoms with Crippen LogP contribution in [0.3, 0.4) is 0 Å². The third kappa shape index (κ3) is 9.05. The van der Waals surface area contributed by atoms with E-state index in [4.69, 9.17) is 24.4 Å². The molecule has 0 aliphatic heterocycles. The zero-order chi connectivity index (χ0) is 29.4. The van der Waals surface area contributed by atoms with E-state index in [0.717, 1.165) is 6.42 Å². The van der Waals surface area contributed by atoms with Gasteiger partial charge in [-0.2, -0.15) is 0 Å². The van der Waals surface area contributed by atoms with Crippen LogP contribution in [0.1, 0.15) is 60.8 Å². The van der Waals surface area contributed by atoms with Gasteiger partial charge in [0.15, 0.2) is 10.2 Å². The van der Waals surface area contributed by atoms with Crippen LogP contribution in [-0.2, 0) is 24.2 Å². The Labute approximate surface area is 253 Å². The summed E-state index contributed by atoms with van der Waals surface area (Å²) < 4.78 is 6.77. The number of rotatable bonds is 14. The predicted octanol–water partition coefficient (Wildman–Crippen LogP) is 2.50. The van der Waals surface area contributed by atoms with E-state index in [9.17, 15) is 9.59 Å². The van der Waals surface area contributed by atoms with Gasteiger partial charge in [-0.25, -0.2) is 9.59 Å². The first-order valence-corrected chi connectivity index (χ1v) is 15.0. The molecule has 0 amide bonds. The minimum Gasteiger partial charge on any atom is -0.363 e. The Morgan fingerprint density at radius 2 is 1.05 bits per heavy atom. The number of nitrogens with zero attached hydrogens (tertiary/aromatic N) is 4. The number of thiol groups is 2. The van der Waals surface area contributed by atoms with E-state index in [-0.39, 0.29) is 11.4 Å². The molecule has 2 rings (SSSR count). The summed E-state index contributed by atoms with van der Waals surface area (Å²) in [4.78, 5) is 25.2. The molecule has 2 aromatic rings. The molecule has 0 radical (unpaired) electrons. The number of thiocarbonyl (C=S) groups is 2. The average molecular weight is 617 g/mol. The summed E-state index contributed by atoms with van der Waals surface area (Å²) in [5.74, 6) is 0. The van der Waals surface area contributed by atoms with Crippen molar-refractivity contribution in [3.05, 3.63) is 33.4 Å². The third-order valence-electron chi connectivity index (χ3n) is 6.74. The smallest absolute Gasteiger partial charge is 0.329 e. The SMILES string of the molecule is CCn1cc(S)n(C(C)(C)CCNC(=S)NCCCNC(=S)NCCC(C)(C)n2c(S)cn(CC)c2=O)c1=O. The van der Waals surface area contributed by atoms with Gasteiger partial charge in [0.1, 0.15) is 0 Å². The fourth-order valence-corrected chi connectivity index (χ4v) is 5.75. The summed E-state index contributed by atoms with van der Waals surface area (Å²) in [6.45, 7) is 15.8. The van der Waals surface area contributed by atoms with E-state index < -0.39 is 11.1 Å². The maximum absolute atomic E-state index is 12.6. The molecule has 10 nitrogen and oxygen atoms in total. The van der Waals surface area contributed by atoms with Gasteiger partial charge in [0.05, 0.1) is 10.1 Å². The Morgan fingerprint density at radius 3 is 1.36 bits per heavy atom. The normalized spacial score (nSPS) is 11.9. The molecule has 0 bridgehead atoms. The molecule has 0 aliphatic rings. The predicted molar refractivity (Wildman–Crippen MR) is 173 cm³/mol. The van der Waals surface area contributed by atoms with Crippen LogP contribution in [0.25, 0.3) is 0 Å². The van der Waals surface area contributed by atoms with E-state index in [2.05, 4.69) is 46.5 Å². The second-order valence-corrected chi connectivity index (χ2v) is 12.4. The summed E-state index contributed by atoms with van der Waals surface area (Å²) in [5, 5.41) is 15.3. The maximum Gasteiger partial charge on any atom is 0.329 e. The molecule has 4 N–H and O–H groups in total. The number of nitrogens with one attached hydrogen (secondary N) is 4. The molecule has 2 aromatic heterocycles. The maximum atomic E-state index is 12.6. The van der Waals surface area contributed by atoms with Crippen LogP contribution in [0, 0.1) is 0 Å². The Hall–Kier alpha value is -1.90. The number of aryl methyl sites for hydroxylation is 2. The van der Waals surface area contributed by atoms with Crippen molar-refractivity contribution in [1.82, 2.24) is 39.5 Å². The fourth-order valence-electron chi connectivity index (χ4n) is 4.35. The number of imidazole rings is 2. The Balaban J connectivity index is 1.63. The molecular weight excluding hydrogens is 573 g/mol. The van der Waals surface area contributed by atoms with Gasteiger partial charge >= 0.3 is 11.4 Å². The lowest BCUT2D eigenvalue weighted by molar-refractivity contribution is 0.297. The lowest BCUT2D eigenvalue weighted by Crippen LogP contribution is -2.43. The molecule has 39 heavy (non-hydrogen) atoms. The number of hydrogen-bond donors (Lipinski definition) is 6. The molecule has 2 heterocycles. The fraction of sp³-hybridized carbons (Fsp3) is 0.680. The standard InChI is InChI=1S/C25H44N8O2S4/c1-7-30-16-18(36)32(22(30)34)24(3,4)10-14-28-20(38)26-12-9-13-27-21(39)29-15-11-25(5,6)33-19(37)17-31(8-2)23(33)35/h16-17,36-37H,7-15H2,1-6H3,(H2,26,28,38)(H2,27,29,39). The first-order valence-electron chi connectivity index (χ1n) is 13.3. The monoisotopic (exact) mass is 616 g/mol. The summed E-state index contributed by atoms with van der Waals surface area (Å²) in [6.07, 6.45) is 5.79. The molecule has 0 saturated heterocycles. The van der Waals surface area contributed by atoms with E-state index >= 15 is 0 Å². The van der Waals surface area contributed by atoms with Crippen LogP contribution in [0.2, 0.25) is 0 Å². The molecule has 0 atom stereocenters. The van der Waals surface area contributed by atoms with Gasteiger partial charge in [-0.15, -0.1) is 25.3 Å². The summed E-state index contributed by atoms with van der Waals surface area (Å²) in [5.41, 5.74) is -0.897. The topological polar surface area (TPSA) is 102 Å². The Kier molecular flexibility index (Phi) is 12.5. The first kappa shape index (κ1) is 33.3. The second-order valence-electron chi connectivity index (χ2n) is 10.6. The van der Waals surface area contributed by atoms with Gasteiger partial charge in [-0.3, -0.25) is 18.3 Å².